The first-order valence-electron chi connectivity index (χ1n) is 4.89. The van der Waals surface area contributed by atoms with E-state index in [-0.39, 0.29) is 11.6 Å². The normalized spacial score (nSPS) is 10.7. The van der Waals surface area contributed by atoms with Crippen molar-refractivity contribution < 1.29 is 4.79 Å². The van der Waals surface area contributed by atoms with E-state index in [1.165, 1.54) is 6.20 Å². The van der Waals surface area contributed by atoms with Crippen molar-refractivity contribution in [3.05, 3.63) is 23.7 Å². The summed E-state index contributed by atoms with van der Waals surface area (Å²) in [5, 5.41) is 19.0. The molecule has 0 aliphatic heterocycles. The Balaban J connectivity index is 2.07. The smallest absolute Gasteiger partial charge is 0.279 e. The minimum atomic E-state index is -0.337. The highest BCUT2D eigenvalue weighted by molar-refractivity contribution is 6.01. The molecule has 0 unspecified atom stereocenters. The van der Waals surface area contributed by atoms with E-state index in [4.69, 9.17) is 0 Å². The summed E-state index contributed by atoms with van der Waals surface area (Å²) in [6.07, 6.45) is 1.35. The highest BCUT2D eigenvalue weighted by Crippen LogP contribution is 2.14. The van der Waals surface area contributed by atoms with Crippen LogP contribution in [-0.4, -0.2) is 31.5 Å². The number of H-pyrrole nitrogens is 2. The van der Waals surface area contributed by atoms with Crippen LogP contribution in [0.3, 0.4) is 0 Å². The fourth-order valence-electron chi connectivity index (χ4n) is 1.19. The average Bonchev–Trinajstić information content (AvgIpc) is 2.87. The topological polar surface area (TPSA) is 99.3 Å². The number of amides is 1. The molecule has 0 aliphatic carbocycles. The predicted octanol–water partition coefficient (Wildman–Crippen LogP) is 0.903. The van der Waals surface area contributed by atoms with E-state index in [2.05, 4.69) is 30.9 Å². The van der Waals surface area contributed by atoms with Crippen LogP contribution in [0.1, 0.15) is 35.9 Å². The van der Waals surface area contributed by atoms with E-state index >= 15 is 0 Å². The molecule has 3 N–H and O–H groups in total. The highest BCUT2D eigenvalue weighted by Gasteiger charge is 2.11. The molecule has 0 radical (unpaired) electrons. The van der Waals surface area contributed by atoms with Crippen molar-refractivity contribution in [1.82, 2.24) is 25.6 Å². The van der Waals surface area contributed by atoms with E-state index in [0.29, 0.717) is 11.7 Å². The molecule has 0 saturated heterocycles. The van der Waals surface area contributed by atoms with Gasteiger partial charge in [-0.1, -0.05) is 13.8 Å². The lowest BCUT2D eigenvalue weighted by molar-refractivity contribution is 0.102. The van der Waals surface area contributed by atoms with Crippen LogP contribution in [0.25, 0.3) is 0 Å². The zero-order valence-corrected chi connectivity index (χ0v) is 8.98. The molecule has 2 aromatic heterocycles. The first-order valence-corrected chi connectivity index (χ1v) is 4.89. The molecule has 0 aromatic carbocycles. The third-order valence-electron chi connectivity index (χ3n) is 2.11. The third-order valence-corrected chi connectivity index (χ3v) is 2.11. The molecule has 0 saturated carbocycles. The van der Waals surface area contributed by atoms with Gasteiger partial charge in [0.2, 0.25) is 0 Å². The number of nitrogens with one attached hydrogen (secondary N) is 3. The SMILES string of the molecule is CC(C)c1cc(NC(=O)c2cn[nH]n2)n[nH]1. The Hall–Kier alpha value is -2.18. The maximum atomic E-state index is 11.6. The summed E-state index contributed by atoms with van der Waals surface area (Å²) in [5.74, 6) is 0.484. The third kappa shape index (κ3) is 2.08. The van der Waals surface area contributed by atoms with Crippen molar-refractivity contribution in [1.29, 1.82) is 0 Å². The molecule has 0 fully saturated rings. The summed E-state index contributed by atoms with van der Waals surface area (Å²) in [4.78, 5) is 11.6. The molecular weight excluding hydrogens is 208 g/mol. The number of carbonyl (C=O) groups excluding carboxylic acids is 1. The number of rotatable bonds is 3. The molecule has 7 heteroatoms. The zero-order chi connectivity index (χ0) is 11.5. The van der Waals surface area contributed by atoms with Gasteiger partial charge in [-0.05, 0) is 5.92 Å². The minimum absolute atomic E-state index is 0.231. The maximum Gasteiger partial charge on any atom is 0.279 e. The van der Waals surface area contributed by atoms with Crippen molar-refractivity contribution >= 4 is 11.7 Å². The van der Waals surface area contributed by atoms with Gasteiger partial charge in [0.15, 0.2) is 11.5 Å². The fourth-order valence-corrected chi connectivity index (χ4v) is 1.19. The zero-order valence-electron chi connectivity index (χ0n) is 8.98. The number of anilines is 1. The second kappa shape index (κ2) is 4.13. The Morgan fingerprint density at radius 3 is 2.81 bits per heavy atom. The predicted molar refractivity (Wildman–Crippen MR) is 57.0 cm³/mol. The Morgan fingerprint density at radius 1 is 1.44 bits per heavy atom. The van der Waals surface area contributed by atoms with Gasteiger partial charge in [0.05, 0.1) is 6.20 Å². The summed E-state index contributed by atoms with van der Waals surface area (Å²) >= 11 is 0. The number of nitrogens with zero attached hydrogens (tertiary/aromatic N) is 3. The van der Waals surface area contributed by atoms with Crippen molar-refractivity contribution in [2.75, 3.05) is 5.32 Å². The van der Waals surface area contributed by atoms with Gasteiger partial charge in [-0.2, -0.15) is 20.5 Å². The van der Waals surface area contributed by atoms with Crippen LogP contribution in [0.15, 0.2) is 12.3 Å². The minimum Gasteiger partial charge on any atom is -0.304 e. The maximum absolute atomic E-state index is 11.6. The Morgan fingerprint density at radius 2 is 2.25 bits per heavy atom. The van der Waals surface area contributed by atoms with Gasteiger partial charge in [0.25, 0.3) is 5.91 Å². The van der Waals surface area contributed by atoms with E-state index in [9.17, 15) is 4.79 Å². The van der Waals surface area contributed by atoms with Gasteiger partial charge in [0.1, 0.15) is 0 Å². The van der Waals surface area contributed by atoms with Gasteiger partial charge in [-0.3, -0.25) is 9.89 Å². The van der Waals surface area contributed by atoms with Crippen LogP contribution >= 0.6 is 0 Å². The van der Waals surface area contributed by atoms with E-state index in [1.54, 1.807) is 6.07 Å². The lowest BCUT2D eigenvalue weighted by Gasteiger charge is -1.97. The molecule has 0 aliphatic rings. The molecule has 2 heterocycles. The Bertz CT molecular complexity index is 472. The lowest BCUT2D eigenvalue weighted by Crippen LogP contribution is -2.12. The summed E-state index contributed by atoms with van der Waals surface area (Å²) in [6, 6.07) is 1.79. The number of hydrogen-bond donors (Lipinski definition) is 3. The molecule has 2 rings (SSSR count). The standard InChI is InChI=1S/C9H12N6O/c1-5(2)6-3-8(14-12-6)11-9(16)7-4-10-15-13-7/h3-5H,1-2H3,(H,10,13,15)(H2,11,12,14,16). The van der Waals surface area contributed by atoms with Crippen LogP contribution in [0.2, 0.25) is 0 Å². The first-order chi connectivity index (χ1) is 7.66. The van der Waals surface area contributed by atoms with Crippen molar-refractivity contribution in [3.8, 4) is 0 Å². The molecule has 84 valence electrons. The molecule has 16 heavy (non-hydrogen) atoms. The van der Waals surface area contributed by atoms with Crippen LogP contribution < -0.4 is 5.32 Å². The van der Waals surface area contributed by atoms with Crippen LogP contribution in [-0.2, 0) is 0 Å². The fraction of sp³-hybridized carbons (Fsp3) is 0.333. The van der Waals surface area contributed by atoms with Gasteiger partial charge < -0.3 is 5.32 Å². The second-order valence-electron chi connectivity index (χ2n) is 3.67. The first kappa shape index (κ1) is 10.3. The highest BCUT2D eigenvalue weighted by atomic mass is 16.2. The largest absolute Gasteiger partial charge is 0.304 e. The van der Waals surface area contributed by atoms with Crippen LogP contribution in [0.4, 0.5) is 5.82 Å². The summed E-state index contributed by atoms with van der Waals surface area (Å²) in [7, 11) is 0. The van der Waals surface area contributed by atoms with E-state index in [0.717, 1.165) is 5.69 Å². The number of aromatic nitrogens is 5. The van der Waals surface area contributed by atoms with Crippen molar-refractivity contribution in [2.45, 2.75) is 19.8 Å². The number of aromatic amines is 2. The number of hydrogen-bond acceptors (Lipinski definition) is 4. The molecule has 0 bridgehead atoms. The molecule has 1 amide bonds. The van der Waals surface area contributed by atoms with Crippen molar-refractivity contribution in [2.24, 2.45) is 0 Å². The lowest BCUT2D eigenvalue weighted by atomic mass is 10.1. The van der Waals surface area contributed by atoms with Gasteiger partial charge >= 0.3 is 0 Å². The van der Waals surface area contributed by atoms with Gasteiger partial charge in [-0.25, -0.2) is 0 Å². The Labute approximate surface area is 91.6 Å². The molecule has 7 nitrogen and oxygen atoms in total. The summed E-state index contributed by atoms with van der Waals surface area (Å²) in [6.45, 7) is 4.08. The van der Waals surface area contributed by atoms with E-state index < -0.39 is 0 Å². The van der Waals surface area contributed by atoms with Crippen LogP contribution in [0.5, 0.6) is 0 Å². The monoisotopic (exact) mass is 220 g/mol. The van der Waals surface area contributed by atoms with Gasteiger partial charge in [0, 0.05) is 11.8 Å². The molecule has 2 aromatic rings. The molecule has 0 spiro atoms. The summed E-state index contributed by atoms with van der Waals surface area (Å²) < 4.78 is 0. The molecule has 0 atom stereocenters. The van der Waals surface area contributed by atoms with Crippen LogP contribution in [0, 0.1) is 0 Å². The van der Waals surface area contributed by atoms with Gasteiger partial charge in [-0.15, -0.1) is 0 Å². The van der Waals surface area contributed by atoms with E-state index in [1.807, 2.05) is 13.8 Å². The quantitative estimate of drug-likeness (QED) is 0.715. The number of carbonyl (C=O) groups is 1. The van der Waals surface area contributed by atoms with Crippen molar-refractivity contribution in [3.63, 3.8) is 0 Å². The average molecular weight is 220 g/mol. The summed E-state index contributed by atoms with van der Waals surface area (Å²) in [5.41, 5.74) is 1.20. The molecular formula is C9H12N6O. The Kier molecular flexibility index (Phi) is 2.67. The second-order valence-corrected chi connectivity index (χ2v) is 3.67.